The van der Waals surface area contributed by atoms with E-state index in [-0.39, 0.29) is 12.5 Å². The van der Waals surface area contributed by atoms with Gasteiger partial charge in [-0.15, -0.1) is 0 Å². The van der Waals surface area contributed by atoms with Crippen LogP contribution in [0.15, 0.2) is 54.6 Å². The van der Waals surface area contributed by atoms with Crippen molar-refractivity contribution in [3.63, 3.8) is 0 Å². The van der Waals surface area contributed by atoms with E-state index < -0.39 is 18.0 Å². The van der Waals surface area contributed by atoms with Gasteiger partial charge in [0, 0.05) is 18.7 Å². The van der Waals surface area contributed by atoms with Crippen LogP contribution in [0.2, 0.25) is 0 Å². The largest absolute Gasteiger partial charge is 0.457 e. The van der Waals surface area contributed by atoms with E-state index in [1.165, 1.54) is 0 Å². The summed E-state index contributed by atoms with van der Waals surface area (Å²) >= 11 is 0. The molecular formula is C23H26N2O5. The predicted molar refractivity (Wildman–Crippen MR) is 111 cm³/mol. The zero-order valence-corrected chi connectivity index (χ0v) is 17.0. The summed E-state index contributed by atoms with van der Waals surface area (Å²) in [6.45, 7) is 2.64. The highest BCUT2D eigenvalue weighted by Gasteiger charge is 2.25. The third kappa shape index (κ3) is 6.07. The summed E-state index contributed by atoms with van der Waals surface area (Å²) in [5.41, 5.74) is 0.389. The van der Waals surface area contributed by atoms with E-state index in [2.05, 4.69) is 5.32 Å². The normalized spacial score (nSPS) is 14.5. The van der Waals surface area contributed by atoms with Gasteiger partial charge in [0.05, 0.1) is 0 Å². The van der Waals surface area contributed by atoms with Crippen LogP contribution in [0.25, 0.3) is 0 Å². The maximum Gasteiger partial charge on any atom is 0.326 e. The molecule has 7 heteroatoms. The molecule has 1 N–H and O–H groups in total. The number of amides is 2. The van der Waals surface area contributed by atoms with Gasteiger partial charge >= 0.3 is 5.97 Å². The van der Waals surface area contributed by atoms with E-state index in [9.17, 15) is 14.4 Å². The Hall–Kier alpha value is -3.35. The summed E-state index contributed by atoms with van der Waals surface area (Å²) in [6.07, 6.45) is 2.19. The molecule has 0 radical (unpaired) electrons. The number of rotatable bonds is 7. The highest BCUT2D eigenvalue weighted by molar-refractivity contribution is 5.96. The topological polar surface area (TPSA) is 84.9 Å². The SMILES string of the molecule is C[C@H](OC(=O)CNC(=O)c1ccc(Oc2ccccc2)cc1)C(=O)N1CCCCC1. The number of carbonyl (C=O) groups is 3. The Labute approximate surface area is 176 Å². The van der Waals surface area contributed by atoms with Crippen LogP contribution in [0, 0.1) is 0 Å². The number of likely N-dealkylation sites (tertiary alicyclic amines) is 1. The summed E-state index contributed by atoms with van der Waals surface area (Å²) in [6, 6.07) is 15.9. The molecule has 0 saturated carbocycles. The van der Waals surface area contributed by atoms with Gasteiger partial charge in [-0.2, -0.15) is 0 Å². The Morgan fingerprint density at radius 3 is 2.23 bits per heavy atom. The minimum atomic E-state index is -0.859. The van der Waals surface area contributed by atoms with Crippen molar-refractivity contribution in [2.75, 3.05) is 19.6 Å². The van der Waals surface area contributed by atoms with E-state index in [4.69, 9.17) is 9.47 Å². The average Bonchev–Trinajstić information content (AvgIpc) is 2.78. The van der Waals surface area contributed by atoms with E-state index in [1.807, 2.05) is 30.3 Å². The number of ether oxygens (including phenoxy) is 2. The van der Waals surface area contributed by atoms with Gasteiger partial charge in [-0.25, -0.2) is 0 Å². The maximum absolute atomic E-state index is 12.3. The lowest BCUT2D eigenvalue weighted by Gasteiger charge is -2.28. The standard InChI is InChI=1S/C23H26N2O5/c1-17(23(28)25-14-6-3-7-15-25)29-21(26)16-24-22(27)18-10-12-20(13-11-18)30-19-8-4-2-5-9-19/h2,4-5,8-13,17H,3,6-7,14-16H2,1H3,(H,24,27)/t17-/m0/s1. The van der Waals surface area contributed by atoms with E-state index in [0.717, 1.165) is 19.3 Å². The molecule has 0 bridgehead atoms. The predicted octanol–water partition coefficient (Wildman–Crippen LogP) is 3.15. The Bertz CT molecular complexity index is 861. The molecule has 1 aliphatic rings. The number of para-hydroxylation sites is 1. The van der Waals surface area contributed by atoms with Crippen molar-refractivity contribution in [2.24, 2.45) is 0 Å². The first kappa shape index (κ1) is 21.4. The number of esters is 1. The molecule has 2 aromatic rings. The van der Waals surface area contributed by atoms with Gasteiger partial charge in [0.25, 0.3) is 11.8 Å². The van der Waals surface area contributed by atoms with Gasteiger partial charge in [-0.05, 0) is 62.6 Å². The second-order valence-electron chi connectivity index (χ2n) is 7.14. The van der Waals surface area contributed by atoms with Crippen LogP contribution in [-0.2, 0) is 14.3 Å². The van der Waals surface area contributed by atoms with Crippen molar-refractivity contribution in [3.05, 3.63) is 60.2 Å². The number of benzene rings is 2. The number of nitrogens with zero attached hydrogens (tertiary/aromatic N) is 1. The van der Waals surface area contributed by atoms with Crippen LogP contribution >= 0.6 is 0 Å². The van der Waals surface area contributed by atoms with Gasteiger partial charge in [0.1, 0.15) is 18.0 Å². The van der Waals surface area contributed by atoms with Crippen molar-refractivity contribution in [1.82, 2.24) is 10.2 Å². The summed E-state index contributed by atoms with van der Waals surface area (Å²) in [5.74, 6) is 0.0507. The molecular weight excluding hydrogens is 384 g/mol. The first-order valence-corrected chi connectivity index (χ1v) is 10.1. The first-order chi connectivity index (χ1) is 14.5. The molecule has 1 atom stereocenters. The molecule has 0 aliphatic carbocycles. The van der Waals surface area contributed by atoms with Crippen molar-refractivity contribution in [2.45, 2.75) is 32.3 Å². The molecule has 30 heavy (non-hydrogen) atoms. The lowest BCUT2D eigenvalue weighted by Crippen LogP contribution is -2.43. The highest BCUT2D eigenvalue weighted by Crippen LogP contribution is 2.21. The molecule has 7 nitrogen and oxygen atoms in total. The molecule has 3 rings (SSSR count). The van der Waals surface area contributed by atoms with E-state index in [1.54, 1.807) is 36.1 Å². The Balaban J connectivity index is 1.44. The molecule has 1 saturated heterocycles. The quantitative estimate of drug-likeness (QED) is 0.709. The van der Waals surface area contributed by atoms with Crippen LogP contribution in [-0.4, -0.2) is 48.4 Å². The van der Waals surface area contributed by atoms with Gasteiger partial charge in [-0.1, -0.05) is 18.2 Å². The second-order valence-corrected chi connectivity index (χ2v) is 7.14. The average molecular weight is 410 g/mol. The number of hydrogen-bond donors (Lipinski definition) is 1. The van der Waals surface area contributed by atoms with E-state index in [0.29, 0.717) is 30.2 Å². The zero-order chi connectivity index (χ0) is 21.3. The number of carbonyl (C=O) groups excluding carboxylic acids is 3. The molecule has 1 aliphatic heterocycles. The summed E-state index contributed by atoms with van der Waals surface area (Å²) in [5, 5.41) is 2.51. The highest BCUT2D eigenvalue weighted by atomic mass is 16.5. The Morgan fingerprint density at radius 1 is 0.933 bits per heavy atom. The smallest absolute Gasteiger partial charge is 0.326 e. The number of piperidine rings is 1. The minimum absolute atomic E-state index is 0.191. The first-order valence-electron chi connectivity index (χ1n) is 10.1. The summed E-state index contributed by atoms with van der Waals surface area (Å²) in [7, 11) is 0. The molecule has 0 unspecified atom stereocenters. The van der Waals surface area contributed by atoms with Gasteiger partial charge in [-0.3, -0.25) is 14.4 Å². The van der Waals surface area contributed by atoms with Crippen molar-refractivity contribution in [1.29, 1.82) is 0 Å². The molecule has 0 aromatic heterocycles. The molecule has 158 valence electrons. The van der Waals surface area contributed by atoms with Gasteiger partial charge in [0.15, 0.2) is 6.10 Å². The van der Waals surface area contributed by atoms with Gasteiger partial charge in [0.2, 0.25) is 0 Å². The Morgan fingerprint density at radius 2 is 1.57 bits per heavy atom. The fourth-order valence-electron chi connectivity index (χ4n) is 3.21. The van der Waals surface area contributed by atoms with Crippen LogP contribution < -0.4 is 10.1 Å². The summed E-state index contributed by atoms with van der Waals surface area (Å²) < 4.78 is 10.9. The third-order valence-electron chi connectivity index (χ3n) is 4.81. The van der Waals surface area contributed by atoms with Crippen LogP contribution in [0.3, 0.4) is 0 Å². The summed E-state index contributed by atoms with van der Waals surface area (Å²) in [4.78, 5) is 38.3. The van der Waals surface area contributed by atoms with E-state index >= 15 is 0 Å². The lowest BCUT2D eigenvalue weighted by atomic mass is 10.1. The fraction of sp³-hybridized carbons (Fsp3) is 0.348. The zero-order valence-electron chi connectivity index (χ0n) is 17.0. The lowest BCUT2D eigenvalue weighted by molar-refractivity contribution is -0.158. The van der Waals surface area contributed by atoms with Crippen molar-refractivity contribution in [3.8, 4) is 11.5 Å². The molecule has 2 aromatic carbocycles. The molecule has 2 amide bonds. The van der Waals surface area contributed by atoms with Crippen LogP contribution in [0.4, 0.5) is 0 Å². The molecule has 1 fully saturated rings. The Kier molecular flexibility index (Phi) is 7.43. The van der Waals surface area contributed by atoms with Crippen LogP contribution in [0.1, 0.15) is 36.5 Å². The third-order valence-corrected chi connectivity index (χ3v) is 4.81. The minimum Gasteiger partial charge on any atom is -0.457 e. The van der Waals surface area contributed by atoms with Gasteiger partial charge < -0.3 is 19.7 Å². The molecule has 0 spiro atoms. The number of hydrogen-bond acceptors (Lipinski definition) is 5. The second kappa shape index (κ2) is 10.4. The fourth-order valence-corrected chi connectivity index (χ4v) is 3.21. The van der Waals surface area contributed by atoms with Crippen molar-refractivity contribution < 1.29 is 23.9 Å². The molecule has 1 heterocycles. The number of nitrogens with one attached hydrogen (secondary N) is 1. The van der Waals surface area contributed by atoms with Crippen molar-refractivity contribution >= 4 is 17.8 Å². The maximum atomic E-state index is 12.3. The van der Waals surface area contributed by atoms with Crippen LogP contribution in [0.5, 0.6) is 11.5 Å². The monoisotopic (exact) mass is 410 g/mol.